The van der Waals surface area contributed by atoms with Crippen LogP contribution in [-0.4, -0.2) is 15.8 Å². The average molecular weight is 467 g/mol. The molecule has 0 aliphatic heterocycles. The van der Waals surface area contributed by atoms with Crippen molar-refractivity contribution in [2.45, 2.75) is 20.8 Å². The summed E-state index contributed by atoms with van der Waals surface area (Å²) in [5.74, 6) is 0.621. The number of anilines is 1. The molecule has 0 aliphatic carbocycles. The minimum Gasteiger partial charge on any atom is -0.451 e. The molecule has 0 spiro atoms. The van der Waals surface area contributed by atoms with E-state index in [4.69, 9.17) is 8.83 Å². The fourth-order valence-electron chi connectivity index (χ4n) is 3.87. The number of rotatable bonds is 5. The quantitative estimate of drug-likeness (QED) is 0.224. The molecule has 5 rings (SSSR count). The Morgan fingerprint density at radius 1 is 0.914 bits per heavy atom. The highest BCUT2D eigenvalue weighted by molar-refractivity contribution is 6.02. The van der Waals surface area contributed by atoms with Gasteiger partial charge in [0.05, 0.1) is 4.92 Å². The Balaban J connectivity index is 1.36. The second-order valence-electron chi connectivity index (χ2n) is 8.38. The molecule has 8 nitrogen and oxygen atoms in total. The summed E-state index contributed by atoms with van der Waals surface area (Å²) in [4.78, 5) is 27.9. The number of amides is 1. The number of nitrogens with one attached hydrogen (secondary N) is 1. The summed E-state index contributed by atoms with van der Waals surface area (Å²) < 4.78 is 11.7. The summed E-state index contributed by atoms with van der Waals surface area (Å²) >= 11 is 0. The molecule has 1 N–H and O–H groups in total. The van der Waals surface area contributed by atoms with E-state index in [1.165, 1.54) is 12.1 Å². The number of nitrogens with zero attached hydrogens (tertiary/aromatic N) is 2. The maximum Gasteiger partial charge on any atom is 0.291 e. The SMILES string of the molecule is Cc1cc2nc(-c3cccc(NC(=O)c4ccc(-c5ccc([N+](=O)[O-])cc5C)o4)c3)oc2cc1C. The van der Waals surface area contributed by atoms with Gasteiger partial charge < -0.3 is 14.2 Å². The number of oxazole rings is 1. The first-order chi connectivity index (χ1) is 16.8. The molecule has 35 heavy (non-hydrogen) atoms. The largest absolute Gasteiger partial charge is 0.451 e. The lowest BCUT2D eigenvalue weighted by Crippen LogP contribution is -2.10. The Labute approximate surface area is 200 Å². The first-order valence-corrected chi connectivity index (χ1v) is 10.9. The lowest BCUT2D eigenvalue weighted by molar-refractivity contribution is -0.384. The second-order valence-corrected chi connectivity index (χ2v) is 8.38. The molecule has 174 valence electrons. The van der Waals surface area contributed by atoms with Crippen LogP contribution in [0.25, 0.3) is 33.9 Å². The number of carbonyl (C=O) groups is 1. The third kappa shape index (κ3) is 4.29. The van der Waals surface area contributed by atoms with E-state index in [-0.39, 0.29) is 11.4 Å². The molecule has 2 aromatic heterocycles. The predicted molar refractivity (Wildman–Crippen MR) is 132 cm³/mol. The van der Waals surface area contributed by atoms with E-state index in [9.17, 15) is 14.9 Å². The molecular weight excluding hydrogens is 446 g/mol. The van der Waals surface area contributed by atoms with E-state index in [0.29, 0.717) is 34.0 Å². The lowest BCUT2D eigenvalue weighted by Gasteiger charge is -2.05. The minimum atomic E-state index is -0.450. The Morgan fingerprint density at radius 3 is 2.49 bits per heavy atom. The van der Waals surface area contributed by atoms with Gasteiger partial charge >= 0.3 is 0 Å². The number of fused-ring (bicyclic) bond motifs is 1. The fourth-order valence-corrected chi connectivity index (χ4v) is 3.87. The van der Waals surface area contributed by atoms with Crippen LogP contribution in [0.1, 0.15) is 27.2 Å². The molecule has 0 saturated heterocycles. The van der Waals surface area contributed by atoms with E-state index >= 15 is 0 Å². The molecule has 3 aromatic carbocycles. The molecule has 8 heteroatoms. The van der Waals surface area contributed by atoms with Crippen LogP contribution in [-0.2, 0) is 0 Å². The molecule has 1 amide bonds. The van der Waals surface area contributed by atoms with Gasteiger partial charge in [0, 0.05) is 28.9 Å². The Hall–Kier alpha value is -4.72. The molecule has 0 atom stereocenters. The summed E-state index contributed by atoms with van der Waals surface area (Å²) in [6, 6.07) is 18.9. The van der Waals surface area contributed by atoms with Crippen molar-refractivity contribution < 1.29 is 18.6 Å². The number of aromatic nitrogens is 1. The second kappa shape index (κ2) is 8.57. The van der Waals surface area contributed by atoms with Crippen LogP contribution in [0.3, 0.4) is 0 Å². The third-order valence-electron chi connectivity index (χ3n) is 5.89. The van der Waals surface area contributed by atoms with Crippen LogP contribution < -0.4 is 5.32 Å². The van der Waals surface area contributed by atoms with Crippen molar-refractivity contribution in [1.82, 2.24) is 4.98 Å². The van der Waals surface area contributed by atoms with E-state index < -0.39 is 10.8 Å². The monoisotopic (exact) mass is 467 g/mol. The normalized spacial score (nSPS) is 11.1. The molecule has 0 radical (unpaired) electrons. The molecule has 0 saturated carbocycles. The molecule has 0 bridgehead atoms. The zero-order valence-electron chi connectivity index (χ0n) is 19.3. The van der Waals surface area contributed by atoms with Gasteiger partial charge in [-0.3, -0.25) is 14.9 Å². The maximum absolute atomic E-state index is 12.8. The van der Waals surface area contributed by atoms with Crippen molar-refractivity contribution in [3.8, 4) is 22.8 Å². The summed E-state index contributed by atoms with van der Waals surface area (Å²) in [7, 11) is 0. The zero-order valence-corrected chi connectivity index (χ0v) is 19.3. The molecule has 0 fully saturated rings. The summed E-state index contributed by atoms with van der Waals surface area (Å²) in [5, 5.41) is 13.8. The van der Waals surface area contributed by atoms with Gasteiger partial charge in [0.2, 0.25) is 5.89 Å². The topological polar surface area (TPSA) is 111 Å². The maximum atomic E-state index is 12.8. The first-order valence-electron chi connectivity index (χ1n) is 10.9. The van der Waals surface area contributed by atoms with Crippen LogP contribution in [0.5, 0.6) is 0 Å². The van der Waals surface area contributed by atoms with Crippen molar-refractivity contribution >= 4 is 28.4 Å². The standard InChI is InChI=1S/C27H21N3O5/c1-15-12-22-25(13-16(15)2)35-27(29-22)18-5-4-6-19(14-18)28-26(31)24-10-9-23(34-24)21-8-7-20(30(32)33)11-17(21)3/h4-14H,1-3H3,(H,28,31). The van der Waals surface area contributed by atoms with Gasteiger partial charge in [-0.15, -0.1) is 0 Å². The van der Waals surface area contributed by atoms with Gasteiger partial charge in [-0.25, -0.2) is 4.98 Å². The van der Waals surface area contributed by atoms with E-state index in [1.807, 2.05) is 38.1 Å². The number of hydrogen-bond donors (Lipinski definition) is 1. The molecular formula is C27H21N3O5. The highest BCUT2D eigenvalue weighted by Crippen LogP contribution is 2.30. The van der Waals surface area contributed by atoms with Crippen LogP contribution in [0.2, 0.25) is 0 Å². The number of non-ortho nitro benzene ring substituents is 1. The summed E-state index contributed by atoms with van der Waals surface area (Å²) in [5.41, 5.74) is 6.41. The number of carbonyl (C=O) groups excluding carboxylic acids is 1. The molecule has 0 aliphatic rings. The number of nitro benzene ring substituents is 1. The number of benzene rings is 3. The van der Waals surface area contributed by atoms with Crippen LogP contribution >= 0.6 is 0 Å². The Kier molecular flexibility index (Phi) is 5.41. The first kappa shape index (κ1) is 22.1. The van der Waals surface area contributed by atoms with Gasteiger partial charge in [0.15, 0.2) is 11.3 Å². The molecule has 0 unspecified atom stereocenters. The number of nitro groups is 1. The summed E-state index contributed by atoms with van der Waals surface area (Å²) in [6.45, 7) is 5.81. The summed E-state index contributed by atoms with van der Waals surface area (Å²) in [6.07, 6.45) is 0. The number of aryl methyl sites for hydroxylation is 3. The lowest BCUT2D eigenvalue weighted by atomic mass is 10.1. The van der Waals surface area contributed by atoms with Crippen molar-refractivity contribution in [2.24, 2.45) is 0 Å². The highest BCUT2D eigenvalue weighted by Gasteiger charge is 2.17. The predicted octanol–water partition coefficient (Wildman–Crippen LogP) is 6.84. The van der Waals surface area contributed by atoms with Crippen LogP contribution in [0.15, 0.2) is 75.6 Å². The smallest absolute Gasteiger partial charge is 0.291 e. The van der Waals surface area contributed by atoms with Crippen molar-refractivity contribution in [1.29, 1.82) is 0 Å². The van der Waals surface area contributed by atoms with Gasteiger partial charge in [-0.05, 0) is 86.0 Å². The number of furan rings is 1. The van der Waals surface area contributed by atoms with E-state index in [1.54, 1.807) is 37.3 Å². The fraction of sp³-hybridized carbons (Fsp3) is 0.111. The van der Waals surface area contributed by atoms with Gasteiger partial charge in [-0.2, -0.15) is 0 Å². The van der Waals surface area contributed by atoms with Crippen molar-refractivity contribution in [3.05, 3.63) is 99.3 Å². The Morgan fingerprint density at radius 2 is 1.71 bits per heavy atom. The molecule has 5 aromatic rings. The Bertz CT molecular complexity index is 1570. The van der Waals surface area contributed by atoms with Crippen LogP contribution in [0, 0.1) is 30.9 Å². The van der Waals surface area contributed by atoms with Gasteiger partial charge in [-0.1, -0.05) is 6.07 Å². The van der Waals surface area contributed by atoms with Crippen molar-refractivity contribution in [2.75, 3.05) is 5.32 Å². The minimum absolute atomic E-state index is 0.000124. The third-order valence-corrected chi connectivity index (χ3v) is 5.89. The van der Waals surface area contributed by atoms with Crippen LogP contribution in [0.4, 0.5) is 11.4 Å². The van der Waals surface area contributed by atoms with Gasteiger partial charge in [0.25, 0.3) is 11.6 Å². The highest BCUT2D eigenvalue weighted by atomic mass is 16.6. The van der Waals surface area contributed by atoms with E-state index in [0.717, 1.165) is 22.2 Å². The van der Waals surface area contributed by atoms with Crippen molar-refractivity contribution in [3.63, 3.8) is 0 Å². The van der Waals surface area contributed by atoms with Gasteiger partial charge in [0.1, 0.15) is 11.3 Å². The van der Waals surface area contributed by atoms with E-state index in [2.05, 4.69) is 10.3 Å². The average Bonchev–Trinajstić information content (AvgIpc) is 3.47. The zero-order chi connectivity index (χ0) is 24.7. The number of hydrogen-bond acceptors (Lipinski definition) is 6. The molecule has 2 heterocycles.